The highest BCUT2D eigenvalue weighted by atomic mass is 32.2. The van der Waals surface area contributed by atoms with Gasteiger partial charge < -0.3 is 10.2 Å². The molecule has 1 rings (SSSR count). The molecule has 0 aliphatic heterocycles. The highest BCUT2D eigenvalue weighted by Gasteiger charge is 2.22. The number of hydrogen-bond donors (Lipinski definition) is 2. The summed E-state index contributed by atoms with van der Waals surface area (Å²) in [6, 6.07) is 0.629. The van der Waals surface area contributed by atoms with E-state index in [4.69, 9.17) is 0 Å². The lowest BCUT2D eigenvalue weighted by Gasteiger charge is -2.25. The van der Waals surface area contributed by atoms with Crippen LogP contribution in [0.4, 0.5) is 0 Å². The largest absolute Gasteiger partial charge is 0.314 e. The fraction of sp³-hybridized carbons (Fsp3) is 1.00. The second-order valence-corrected chi connectivity index (χ2v) is 8.00. The molecule has 0 radical (unpaired) electrons. The van der Waals surface area contributed by atoms with Crippen molar-refractivity contribution in [3.8, 4) is 0 Å². The van der Waals surface area contributed by atoms with Crippen LogP contribution in [0.2, 0.25) is 0 Å². The van der Waals surface area contributed by atoms with E-state index in [1.165, 1.54) is 12.8 Å². The van der Waals surface area contributed by atoms with Crippen LogP contribution in [0.25, 0.3) is 0 Å². The Hall–Kier alpha value is -0.170. The molecule has 1 atom stereocenters. The molecule has 1 aliphatic carbocycles. The average Bonchev–Trinajstić information content (AvgIpc) is 3.06. The maximum atomic E-state index is 12.0. The zero-order valence-electron chi connectivity index (χ0n) is 12.6. The SMILES string of the molecule is CC(C)C(CN(C)C)NS(=O)(=O)CCCNC1CC1. The van der Waals surface area contributed by atoms with Gasteiger partial charge in [0.25, 0.3) is 0 Å². The van der Waals surface area contributed by atoms with Crippen LogP contribution in [-0.4, -0.2) is 58.3 Å². The summed E-state index contributed by atoms with van der Waals surface area (Å²) < 4.78 is 26.9. The fourth-order valence-corrected chi connectivity index (χ4v) is 3.37. The minimum atomic E-state index is -3.17. The van der Waals surface area contributed by atoms with Gasteiger partial charge >= 0.3 is 0 Å². The van der Waals surface area contributed by atoms with Gasteiger partial charge in [-0.1, -0.05) is 13.8 Å². The molecule has 0 bridgehead atoms. The maximum absolute atomic E-state index is 12.0. The molecule has 1 fully saturated rings. The third kappa shape index (κ3) is 7.87. The molecule has 1 saturated carbocycles. The Morgan fingerprint density at radius 1 is 1.26 bits per heavy atom. The molecular weight excluding hydrogens is 262 g/mol. The molecule has 6 heteroatoms. The van der Waals surface area contributed by atoms with Crippen molar-refractivity contribution in [1.82, 2.24) is 14.9 Å². The van der Waals surface area contributed by atoms with Crippen molar-refractivity contribution in [2.45, 2.75) is 45.2 Å². The quantitative estimate of drug-likeness (QED) is 0.580. The van der Waals surface area contributed by atoms with Gasteiger partial charge in [-0.3, -0.25) is 0 Å². The van der Waals surface area contributed by atoms with Gasteiger partial charge in [0.2, 0.25) is 10.0 Å². The van der Waals surface area contributed by atoms with Gasteiger partial charge in [0.1, 0.15) is 0 Å². The van der Waals surface area contributed by atoms with Gasteiger partial charge in [0.15, 0.2) is 0 Å². The molecule has 0 aromatic rings. The van der Waals surface area contributed by atoms with E-state index in [1.54, 1.807) is 0 Å². The molecule has 114 valence electrons. The molecule has 0 amide bonds. The topological polar surface area (TPSA) is 61.4 Å². The normalized spacial score (nSPS) is 18.2. The Morgan fingerprint density at radius 3 is 2.37 bits per heavy atom. The van der Waals surface area contributed by atoms with Crippen molar-refractivity contribution in [2.24, 2.45) is 5.92 Å². The van der Waals surface area contributed by atoms with E-state index in [2.05, 4.69) is 10.0 Å². The van der Waals surface area contributed by atoms with Crippen LogP contribution in [-0.2, 0) is 10.0 Å². The van der Waals surface area contributed by atoms with Crippen molar-refractivity contribution in [2.75, 3.05) is 32.9 Å². The molecule has 0 heterocycles. The van der Waals surface area contributed by atoms with Gasteiger partial charge in [-0.15, -0.1) is 0 Å². The second-order valence-electron chi connectivity index (χ2n) is 6.13. The van der Waals surface area contributed by atoms with Gasteiger partial charge in [-0.2, -0.15) is 0 Å². The Bertz CT molecular complexity index is 351. The summed E-state index contributed by atoms with van der Waals surface area (Å²) in [5, 5.41) is 3.34. The molecule has 0 saturated heterocycles. The monoisotopic (exact) mass is 291 g/mol. The molecule has 5 nitrogen and oxygen atoms in total. The standard InChI is InChI=1S/C13H29N3O2S/c1-11(2)13(10-16(3)4)15-19(17,18)9-5-8-14-12-6-7-12/h11-15H,5-10H2,1-4H3. The van der Waals surface area contributed by atoms with Crippen molar-refractivity contribution < 1.29 is 8.42 Å². The van der Waals surface area contributed by atoms with Crippen LogP contribution in [0.1, 0.15) is 33.1 Å². The Kier molecular flexibility index (Phi) is 6.73. The first kappa shape index (κ1) is 16.9. The summed E-state index contributed by atoms with van der Waals surface area (Å²) in [6.45, 7) is 5.62. The highest BCUT2D eigenvalue weighted by Crippen LogP contribution is 2.18. The van der Waals surface area contributed by atoms with E-state index >= 15 is 0 Å². The van der Waals surface area contributed by atoms with E-state index in [1.807, 2.05) is 32.8 Å². The third-order valence-corrected chi connectivity index (χ3v) is 4.79. The molecule has 0 aromatic heterocycles. The Labute approximate surface area is 118 Å². The summed E-state index contributed by atoms with van der Waals surface area (Å²) in [6.07, 6.45) is 3.16. The Balaban J connectivity index is 2.32. The molecule has 1 unspecified atom stereocenters. The smallest absolute Gasteiger partial charge is 0.211 e. The summed E-state index contributed by atoms with van der Waals surface area (Å²) in [5.41, 5.74) is 0. The van der Waals surface area contributed by atoms with Gasteiger partial charge in [-0.05, 0) is 45.8 Å². The fourth-order valence-electron chi connectivity index (χ4n) is 1.92. The number of nitrogens with zero attached hydrogens (tertiary/aromatic N) is 1. The van der Waals surface area contributed by atoms with E-state index in [9.17, 15) is 8.42 Å². The van der Waals surface area contributed by atoms with Crippen LogP contribution >= 0.6 is 0 Å². The minimum Gasteiger partial charge on any atom is -0.314 e. The zero-order valence-corrected chi connectivity index (χ0v) is 13.5. The predicted octanol–water partition coefficient (Wildman–Crippen LogP) is 0.634. The van der Waals surface area contributed by atoms with Gasteiger partial charge in [0.05, 0.1) is 5.75 Å². The molecule has 2 N–H and O–H groups in total. The molecule has 1 aliphatic rings. The van der Waals surface area contributed by atoms with Crippen LogP contribution in [0, 0.1) is 5.92 Å². The van der Waals surface area contributed by atoms with Crippen molar-refractivity contribution in [3.05, 3.63) is 0 Å². The van der Waals surface area contributed by atoms with Crippen molar-refractivity contribution >= 4 is 10.0 Å². The number of likely N-dealkylation sites (N-methyl/N-ethyl adjacent to an activating group) is 1. The van der Waals surface area contributed by atoms with E-state index in [0.29, 0.717) is 18.4 Å². The summed E-state index contributed by atoms with van der Waals surface area (Å²) in [5.74, 6) is 0.505. The predicted molar refractivity (Wildman–Crippen MR) is 79.7 cm³/mol. The summed E-state index contributed by atoms with van der Waals surface area (Å²) in [4.78, 5) is 2.02. The first-order valence-electron chi connectivity index (χ1n) is 7.18. The van der Waals surface area contributed by atoms with E-state index < -0.39 is 10.0 Å². The van der Waals surface area contributed by atoms with Crippen LogP contribution < -0.4 is 10.0 Å². The minimum absolute atomic E-state index is 0.0172. The lowest BCUT2D eigenvalue weighted by Crippen LogP contribution is -2.45. The number of hydrogen-bond acceptors (Lipinski definition) is 4. The van der Waals surface area contributed by atoms with E-state index in [0.717, 1.165) is 13.1 Å². The molecule has 0 aromatic carbocycles. The lowest BCUT2D eigenvalue weighted by atomic mass is 10.1. The van der Waals surface area contributed by atoms with Crippen LogP contribution in [0.3, 0.4) is 0 Å². The highest BCUT2D eigenvalue weighted by molar-refractivity contribution is 7.89. The van der Waals surface area contributed by atoms with Crippen molar-refractivity contribution in [1.29, 1.82) is 0 Å². The number of sulfonamides is 1. The summed E-state index contributed by atoms with van der Waals surface area (Å²) in [7, 11) is 0.757. The van der Waals surface area contributed by atoms with Gasteiger partial charge in [-0.25, -0.2) is 13.1 Å². The third-order valence-electron chi connectivity index (χ3n) is 3.30. The maximum Gasteiger partial charge on any atom is 0.211 e. The van der Waals surface area contributed by atoms with Crippen LogP contribution in [0.5, 0.6) is 0 Å². The lowest BCUT2D eigenvalue weighted by molar-refractivity contribution is 0.314. The zero-order chi connectivity index (χ0) is 14.5. The Morgan fingerprint density at radius 2 is 1.89 bits per heavy atom. The van der Waals surface area contributed by atoms with Crippen molar-refractivity contribution in [3.63, 3.8) is 0 Å². The second kappa shape index (κ2) is 7.57. The van der Waals surface area contributed by atoms with Crippen LogP contribution in [0.15, 0.2) is 0 Å². The molecule has 19 heavy (non-hydrogen) atoms. The first-order valence-corrected chi connectivity index (χ1v) is 8.83. The number of nitrogens with one attached hydrogen (secondary N) is 2. The average molecular weight is 291 g/mol. The van der Waals surface area contributed by atoms with Gasteiger partial charge in [0, 0.05) is 18.6 Å². The summed E-state index contributed by atoms with van der Waals surface area (Å²) >= 11 is 0. The molecular formula is C13H29N3O2S. The van der Waals surface area contributed by atoms with E-state index in [-0.39, 0.29) is 11.8 Å². The number of rotatable bonds is 10. The first-order chi connectivity index (χ1) is 8.80. The molecule has 0 spiro atoms.